The van der Waals surface area contributed by atoms with Crippen LogP contribution in [0.4, 0.5) is 0 Å². The van der Waals surface area contributed by atoms with E-state index in [1.54, 1.807) is 11.0 Å². The molecule has 0 saturated carbocycles. The molecule has 0 bridgehead atoms. The van der Waals surface area contributed by atoms with Crippen LogP contribution in [-0.2, 0) is 32.3 Å². The van der Waals surface area contributed by atoms with Crippen molar-refractivity contribution in [2.45, 2.75) is 30.9 Å². The average Bonchev–Trinajstić information content (AvgIpc) is 2.66. The van der Waals surface area contributed by atoms with Crippen LogP contribution in [0.25, 0.3) is 0 Å². The maximum atomic E-state index is 12.7. The van der Waals surface area contributed by atoms with Gasteiger partial charge in [0.25, 0.3) is 5.91 Å². The SMILES string of the molecule is CC(OC(=O)c1ccccc1S(C)(=O)=O)C(=O)N1CCc2ccccc2C1. The van der Waals surface area contributed by atoms with E-state index in [1.165, 1.54) is 30.7 Å². The lowest BCUT2D eigenvalue weighted by Gasteiger charge is -2.30. The van der Waals surface area contributed by atoms with Crippen LogP contribution < -0.4 is 0 Å². The van der Waals surface area contributed by atoms with Crippen LogP contribution in [0.3, 0.4) is 0 Å². The smallest absolute Gasteiger partial charge is 0.340 e. The Morgan fingerprint density at radius 3 is 2.37 bits per heavy atom. The van der Waals surface area contributed by atoms with E-state index in [2.05, 4.69) is 0 Å². The number of rotatable bonds is 4. The second-order valence-corrected chi connectivity index (χ2v) is 8.58. The highest BCUT2D eigenvalue weighted by Gasteiger charge is 2.28. The Labute approximate surface area is 158 Å². The van der Waals surface area contributed by atoms with Gasteiger partial charge in [0.1, 0.15) is 0 Å². The van der Waals surface area contributed by atoms with Crippen molar-refractivity contribution < 1.29 is 22.7 Å². The first kappa shape index (κ1) is 19.1. The zero-order valence-corrected chi connectivity index (χ0v) is 16.0. The third-order valence-corrected chi connectivity index (χ3v) is 5.74. The number of ether oxygens (including phenoxy) is 1. The Kier molecular flexibility index (Phi) is 5.32. The fourth-order valence-electron chi connectivity index (χ4n) is 3.17. The number of amides is 1. The minimum absolute atomic E-state index is 0.0661. The molecule has 2 aromatic carbocycles. The van der Waals surface area contributed by atoms with Crippen molar-refractivity contribution in [3.05, 3.63) is 65.2 Å². The summed E-state index contributed by atoms with van der Waals surface area (Å²) in [5.74, 6) is -1.12. The Morgan fingerprint density at radius 1 is 1.04 bits per heavy atom. The monoisotopic (exact) mass is 387 g/mol. The molecule has 3 rings (SSSR count). The molecular formula is C20H21NO5S. The normalized spacial score (nSPS) is 15.0. The molecule has 7 heteroatoms. The van der Waals surface area contributed by atoms with Gasteiger partial charge >= 0.3 is 5.97 Å². The highest BCUT2D eigenvalue weighted by atomic mass is 32.2. The average molecular weight is 387 g/mol. The number of fused-ring (bicyclic) bond motifs is 1. The molecule has 0 aliphatic carbocycles. The molecule has 142 valence electrons. The minimum Gasteiger partial charge on any atom is -0.449 e. The molecule has 1 heterocycles. The quantitative estimate of drug-likeness (QED) is 0.752. The number of benzene rings is 2. The number of carbonyl (C=O) groups is 2. The van der Waals surface area contributed by atoms with Gasteiger partial charge < -0.3 is 9.64 Å². The summed E-state index contributed by atoms with van der Waals surface area (Å²) in [5.41, 5.74) is 2.23. The molecule has 0 radical (unpaired) electrons. The van der Waals surface area contributed by atoms with Crippen LogP contribution >= 0.6 is 0 Å². The fourth-order valence-corrected chi connectivity index (χ4v) is 4.05. The molecule has 0 spiro atoms. The van der Waals surface area contributed by atoms with Gasteiger partial charge in [0.15, 0.2) is 15.9 Å². The Bertz CT molecular complexity index is 983. The first-order valence-corrected chi connectivity index (χ1v) is 10.5. The van der Waals surface area contributed by atoms with Crippen LogP contribution in [0.2, 0.25) is 0 Å². The zero-order chi connectivity index (χ0) is 19.6. The molecule has 1 unspecified atom stereocenters. The number of esters is 1. The van der Waals surface area contributed by atoms with Crippen molar-refractivity contribution in [2.75, 3.05) is 12.8 Å². The summed E-state index contributed by atoms with van der Waals surface area (Å²) in [5, 5.41) is 0. The van der Waals surface area contributed by atoms with E-state index in [1.807, 2.05) is 24.3 Å². The molecule has 27 heavy (non-hydrogen) atoms. The minimum atomic E-state index is -3.58. The van der Waals surface area contributed by atoms with Crippen LogP contribution in [0.1, 0.15) is 28.4 Å². The van der Waals surface area contributed by atoms with Crippen molar-refractivity contribution in [3.8, 4) is 0 Å². The number of sulfone groups is 1. The molecule has 0 aromatic heterocycles. The van der Waals surface area contributed by atoms with Gasteiger partial charge in [-0.05, 0) is 36.6 Å². The van der Waals surface area contributed by atoms with Crippen LogP contribution in [0, 0.1) is 0 Å². The van der Waals surface area contributed by atoms with Crippen molar-refractivity contribution in [1.29, 1.82) is 0 Å². The third-order valence-electron chi connectivity index (χ3n) is 4.58. The van der Waals surface area contributed by atoms with Gasteiger partial charge in [-0.25, -0.2) is 13.2 Å². The Balaban J connectivity index is 1.72. The van der Waals surface area contributed by atoms with Crippen molar-refractivity contribution in [2.24, 2.45) is 0 Å². The van der Waals surface area contributed by atoms with Gasteiger partial charge in [-0.2, -0.15) is 0 Å². The van der Waals surface area contributed by atoms with Gasteiger partial charge in [-0.1, -0.05) is 36.4 Å². The lowest BCUT2D eigenvalue weighted by Crippen LogP contribution is -2.42. The predicted octanol–water partition coefficient (Wildman–Crippen LogP) is 2.22. The molecule has 1 atom stereocenters. The highest BCUT2D eigenvalue weighted by molar-refractivity contribution is 7.90. The van der Waals surface area contributed by atoms with Crippen LogP contribution in [-0.4, -0.2) is 44.1 Å². The fraction of sp³-hybridized carbons (Fsp3) is 0.300. The summed E-state index contributed by atoms with van der Waals surface area (Å²) in [6.45, 7) is 2.53. The molecule has 0 fully saturated rings. The number of hydrogen-bond donors (Lipinski definition) is 0. The first-order valence-electron chi connectivity index (χ1n) is 8.63. The maximum Gasteiger partial charge on any atom is 0.340 e. The van der Waals surface area contributed by atoms with Gasteiger partial charge in [0, 0.05) is 19.3 Å². The summed E-state index contributed by atoms with van der Waals surface area (Å²) in [7, 11) is -3.58. The van der Waals surface area contributed by atoms with E-state index < -0.39 is 21.9 Å². The standard InChI is InChI=1S/C20H21NO5S/c1-14(19(22)21-12-11-15-7-3-4-8-16(15)13-21)26-20(23)17-9-5-6-10-18(17)27(2,24)25/h3-10,14H,11-13H2,1-2H3. The third kappa shape index (κ3) is 4.19. The molecule has 1 amide bonds. The van der Waals surface area contributed by atoms with E-state index in [4.69, 9.17) is 4.74 Å². The second kappa shape index (κ2) is 7.52. The van der Waals surface area contributed by atoms with Crippen LogP contribution in [0.15, 0.2) is 53.4 Å². The van der Waals surface area contributed by atoms with E-state index in [-0.39, 0.29) is 16.4 Å². The number of nitrogens with zero attached hydrogens (tertiary/aromatic N) is 1. The van der Waals surface area contributed by atoms with Gasteiger partial charge in [-0.15, -0.1) is 0 Å². The number of hydrogen-bond acceptors (Lipinski definition) is 5. The molecular weight excluding hydrogens is 366 g/mol. The summed E-state index contributed by atoms with van der Waals surface area (Å²) in [4.78, 5) is 26.7. The van der Waals surface area contributed by atoms with Crippen molar-refractivity contribution in [1.82, 2.24) is 4.90 Å². The molecule has 6 nitrogen and oxygen atoms in total. The Morgan fingerprint density at radius 2 is 1.67 bits per heavy atom. The van der Waals surface area contributed by atoms with E-state index in [9.17, 15) is 18.0 Å². The highest BCUT2D eigenvalue weighted by Crippen LogP contribution is 2.21. The first-order chi connectivity index (χ1) is 12.8. The van der Waals surface area contributed by atoms with Gasteiger partial charge in [0.05, 0.1) is 10.5 Å². The largest absolute Gasteiger partial charge is 0.449 e. The van der Waals surface area contributed by atoms with Gasteiger partial charge in [0.2, 0.25) is 0 Å². The summed E-state index contributed by atoms with van der Waals surface area (Å²) >= 11 is 0. The molecule has 2 aromatic rings. The lowest BCUT2D eigenvalue weighted by atomic mass is 9.99. The van der Waals surface area contributed by atoms with Crippen molar-refractivity contribution in [3.63, 3.8) is 0 Å². The molecule has 0 saturated heterocycles. The zero-order valence-electron chi connectivity index (χ0n) is 15.2. The van der Waals surface area contributed by atoms with E-state index in [0.717, 1.165) is 18.2 Å². The van der Waals surface area contributed by atoms with Crippen molar-refractivity contribution >= 4 is 21.7 Å². The summed E-state index contributed by atoms with van der Waals surface area (Å²) in [6, 6.07) is 13.7. The number of carbonyl (C=O) groups excluding carboxylic acids is 2. The Hall–Kier alpha value is -2.67. The molecule has 0 N–H and O–H groups in total. The van der Waals surface area contributed by atoms with E-state index in [0.29, 0.717) is 13.1 Å². The lowest BCUT2D eigenvalue weighted by molar-refractivity contribution is -0.140. The van der Waals surface area contributed by atoms with Gasteiger partial charge in [-0.3, -0.25) is 4.79 Å². The molecule has 1 aliphatic heterocycles. The maximum absolute atomic E-state index is 12.7. The van der Waals surface area contributed by atoms with E-state index >= 15 is 0 Å². The summed E-state index contributed by atoms with van der Waals surface area (Å²) in [6.07, 6.45) is 0.772. The van der Waals surface area contributed by atoms with Crippen LogP contribution in [0.5, 0.6) is 0 Å². The summed E-state index contributed by atoms with van der Waals surface area (Å²) < 4.78 is 29.0. The molecule has 1 aliphatic rings. The second-order valence-electron chi connectivity index (χ2n) is 6.59. The topological polar surface area (TPSA) is 80.8 Å². The predicted molar refractivity (Wildman–Crippen MR) is 100.0 cm³/mol.